The van der Waals surface area contributed by atoms with Crippen molar-refractivity contribution in [2.24, 2.45) is 23.7 Å². The van der Waals surface area contributed by atoms with Crippen LogP contribution in [0.15, 0.2) is 23.9 Å². The van der Waals surface area contributed by atoms with Crippen LogP contribution in [0.4, 0.5) is 0 Å². The van der Waals surface area contributed by atoms with Gasteiger partial charge in [-0.2, -0.15) is 0 Å². The van der Waals surface area contributed by atoms with E-state index >= 15 is 0 Å². The highest BCUT2D eigenvalue weighted by Gasteiger charge is 2.47. The molecule has 1 unspecified atom stereocenters. The Kier molecular flexibility index (Phi) is 11.6. The number of esters is 2. The van der Waals surface area contributed by atoms with Gasteiger partial charge in [-0.1, -0.05) is 52.3 Å². The first kappa shape index (κ1) is 39.4. The number of carbonyl (C=O) groups excluding carboxylic acids is 3. The number of aromatic nitrogens is 3. The number of aliphatic hydroxyl groups excluding tert-OH is 1. The number of aldehydes is 1. The summed E-state index contributed by atoms with van der Waals surface area (Å²) in [6.45, 7) is 19.0. The van der Waals surface area contributed by atoms with Gasteiger partial charge < -0.3 is 34.8 Å². The molecule has 3 aromatic rings. The molecular weight excluding hydrogens is 693 g/mol. The third-order valence-electron chi connectivity index (χ3n) is 11.9. The Morgan fingerprint density at radius 1 is 1.00 bits per heavy atom. The summed E-state index contributed by atoms with van der Waals surface area (Å²) in [5.41, 5.74) is 9.07. The average Bonchev–Trinajstić information content (AvgIpc) is 3.90. The summed E-state index contributed by atoms with van der Waals surface area (Å²) in [7, 11) is 1.32. The van der Waals surface area contributed by atoms with Gasteiger partial charge in [-0.25, -0.2) is 0 Å². The smallest absolute Gasteiger partial charge is 0.320 e. The Bertz CT molecular complexity index is 2350. The van der Waals surface area contributed by atoms with Crippen LogP contribution < -0.4 is 26.6 Å². The van der Waals surface area contributed by atoms with E-state index in [1.165, 1.54) is 12.7 Å². The van der Waals surface area contributed by atoms with Crippen LogP contribution in [-0.2, 0) is 25.5 Å². The minimum absolute atomic E-state index is 0.0627. The number of hydrogen-bond acceptors (Lipinski definition) is 7. The molecule has 1 fully saturated rings. The summed E-state index contributed by atoms with van der Waals surface area (Å²) in [5, 5.41) is 18.6. The van der Waals surface area contributed by atoms with Gasteiger partial charge in [-0.05, 0) is 105 Å². The van der Waals surface area contributed by atoms with Crippen molar-refractivity contribution in [3.05, 3.63) is 90.1 Å². The van der Waals surface area contributed by atoms with E-state index in [0.29, 0.717) is 45.3 Å². The zero-order valence-electron chi connectivity index (χ0n) is 33.5. The van der Waals surface area contributed by atoms with Gasteiger partial charge in [0.15, 0.2) is 6.29 Å². The number of aliphatic hydroxyl groups is 1. The maximum Gasteiger partial charge on any atom is 0.320 e. The van der Waals surface area contributed by atoms with E-state index in [0.717, 1.165) is 76.4 Å². The summed E-state index contributed by atoms with van der Waals surface area (Å²) in [5.74, 6) is -1.66. The van der Waals surface area contributed by atoms with Crippen LogP contribution in [0.25, 0.3) is 35.6 Å². The van der Waals surface area contributed by atoms with Gasteiger partial charge in [0.2, 0.25) is 0 Å². The molecule has 3 aromatic heterocycles. The van der Waals surface area contributed by atoms with Gasteiger partial charge >= 0.3 is 11.9 Å². The van der Waals surface area contributed by atoms with Gasteiger partial charge in [-0.3, -0.25) is 14.4 Å². The fourth-order valence-corrected chi connectivity index (χ4v) is 8.77. The van der Waals surface area contributed by atoms with Crippen LogP contribution in [0.2, 0.25) is 0 Å². The van der Waals surface area contributed by atoms with Gasteiger partial charge in [0.05, 0.1) is 24.2 Å². The van der Waals surface area contributed by atoms with E-state index < -0.39 is 17.9 Å². The first-order valence-electron chi connectivity index (χ1n) is 19.6. The minimum atomic E-state index is -1.05. The van der Waals surface area contributed by atoms with Crippen LogP contribution in [0, 0.1) is 37.5 Å². The highest BCUT2D eigenvalue weighted by atomic mass is 16.5. The lowest BCUT2D eigenvalue weighted by molar-refractivity contribution is -0.143. The molecule has 0 amide bonds. The first-order valence-corrected chi connectivity index (χ1v) is 19.6. The van der Waals surface area contributed by atoms with Gasteiger partial charge in [-0.15, -0.1) is 0 Å². The van der Waals surface area contributed by atoms with Crippen molar-refractivity contribution in [3.8, 4) is 0 Å². The number of fused-ring (bicyclic) bond motifs is 8. The Balaban J connectivity index is 1.49. The van der Waals surface area contributed by atoms with Crippen LogP contribution in [0.3, 0.4) is 0 Å². The van der Waals surface area contributed by atoms with Crippen molar-refractivity contribution in [3.63, 3.8) is 0 Å². The molecule has 10 heteroatoms. The molecular formula is C45H56N4O6. The number of ether oxygens (including phenoxy) is 2. The number of H-pyrrole nitrogens is 3. The summed E-state index contributed by atoms with van der Waals surface area (Å²) in [6, 6.07) is -0.478. The lowest BCUT2D eigenvalue weighted by atomic mass is 9.80. The van der Waals surface area contributed by atoms with Crippen molar-refractivity contribution in [2.75, 3.05) is 13.7 Å². The number of allylic oxidation sites excluding steroid dienone is 2. The zero-order chi connectivity index (χ0) is 39.7. The number of hydrogen-bond donors (Lipinski definition) is 5. The van der Waals surface area contributed by atoms with Gasteiger partial charge in [0.25, 0.3) is 0 Å². The van der Waals surface area contributed by atoms with Crippen molar-refractivity contribution < 1.29 is 29.0 Å². The molecule has 292 valence electrons. The molecule has 1 saturated heterocycles. The molecule has 2 aliphatic heterocycles. The van der Waals surface area contributed by atoms with Gasteiger partial charge in [0, 0.05) is 56.5 Å². The molecule has 0 spiro atoms. The second kappa shape index (κ2) is 16.2. The zero-order valence-corrected chi connectivity index (χ0v) is 33.5. The molecule has 1 aliphatic carbocycles. The van der Waals surface area contributed by atoms with Crippen molar-refractivity contribution in [1.82, 2.24) is 20.3 Å². The molecule has 5 heterocycles. The fraction of sp³-hybridized carbons (Fsp3) is 0.444. The third kappa shape index (κ3) is 7.43. The molecule has 8 bridgehead atoms. The van der Waals surface area contributed by atoms with E-state index in [1.54, 1.807) is 6.08 Å². The first-order chi connectivity index (χ1) is 26.3. The second-order valence-corrected chi connectivity index (χ2v) is 15.7. The fourth-order valence-electron chi connectivity index (χ4n) is 8.77. The van der Waals surface area contributed by atoms with Crippen molar-refractivity contribution >= 4 is 53.9 Å². The molecule has 0 saturated carbocycles. The maximum absolute atomic E-state index is 13.6. The van der Waals surface area contributed by atoms with Crippen molar-refractivity contribution in [1.29, 1.82) is 0 Å². The largest absolute Gasteiger partial charge is 0.510 e. The Hall–Kier alpha value is -5.25. The Morgan fingerprint density at radius 3 is 2.40 bits per heavy atom. The van der Waals surface area contributed by atoms with Crippen molar-refractivity contribution in [2.45, 2.75) is 93.0 Å². The molecule has 55 heavy (non-hydrogen) atoms. The van der Waals surface area contributed by atoms with Crippen LogP contribution in [-0.4, -0.2) is 58.0 Å². The van der Waals surface area contributed by atoms with Gasteiger partial charge in [0.1, 0.15) is 18.3 Å². The highest BCUT2D eigenvalue weighted by molar-refractivity contribution is 5.96. The normalized spacial score (nSPS) is 22.3. The monoisotopic (exact) mass is 748 g/mol. The molecule has 4 atom stereocenters. The number of rotatable bonds is 13. The van der Waals surface area contributed by atoms with E-state index in [2.05, 4.69) is 74.5 Å². The van der Waals surface area contributed by atoms with Crippen LogP contribution in [0.5, 0.6) is 0 Å². The van der Waals surface area contributed by atoms with E-state index in [9.17, 15) is 19.5 Å². The highest BCUT2D eigenvalue weighted by Crippen LogP contribution is 2.42. The molecule has 6 rings (SSSR count). The predicted molar refractivity (Wildman–Crippen MR) is 217 cm³/mol. The van der Waals surface area contributed by atoms with Crippen LogP contribution in [0.1, 0.15) is 116 Å². The SMILES string of the molecule is C=Cc1c2[nH]c(c1C=O)/C=C1\NC(C3=c4[nH]c(c(C)c4=C(O)[C@@H]3C(=O)OC)/C=c3\[nH]/c(c(C)c3CC)=C\2)[C@@H](CCC(=O)OC/C=C(\C)CCCC(C)C)[C@@H]1C. The van der Waals surface area contributed by atoms with E-state index in [-0.39, 0.29) is 36.6 Å². The number of methoxy groups -OCH3 is 1. The lowest BCUT2D eigenvalue weighted by Crippen LogP contribution is -2.38. The summed E-state index contributed by atoms with van der Waals surface area (Å²) >= 11 is 0. The lowest BCUT2D eigenvalue weighted by Gasteiger charge is -2.26. The summed E-state index contributed by atoms with van der Waals surface area (Å²) < 4.78 is 11.0. The topological polar surface area (TPSA) is 149 Å². The standard InChI is InChI=1S/C45H56N4O6/c1-10-28-25(6)32-19-36-29(11-2)31(22-50)37(47-36)20-33-26(7)30(15-16-38(51)55-18-17-24(5)14-12-13-23(3)4)42(48-33)40-41(45(53)54-9)44(52)39-27(8)34(49-43(39)40)21-35(28)46-32/h11,17,19-23,26,30,41-42,46-49,52H,2,10,12-16,18H2,1,3-9H3/b24-17+,32-19-,33-20-,35-21-/t26-,30-,41+,42?/m0/s1. The third-order valence-corrected chi connectivity index (χ3v) is 11.9. The minimum Gasteiger partial charge on any atom is -0.510 e. The molecule has 0 radical (unpaired) electrons. The number of nitrogens with one attached hydrogen (secondary N) is 4. The average molecular weight is 749 g/mol. The second-order valence-electron chi connectivity index (χ2n) is 15.7. The van der Waals surface area contributed by atoms with E-state index in [4.69, 9.17) is 9.47 Å². The summed E-state index contributed by atoms with van der Waals surface area (Å²) in [6.07, 6.45) is 15.2. The molecule has 10 nitrogen and oxygen atoms in total. The Labute approximate surface area is 322 Å². The molecule has 5 N–H and O–H groups in total. The molecule has 0 aromatic carbocycles. The number of aromatic amines is 3. The van der Waals surface area contributed by atoms with Crippen LogP contribution >= 0.6 is 0 Å². The number of carbonyl (C=O) groups is 3. The maximum atomic E-state index is 13.6. The quantitative estimate of drug-likeness (QED) is 0.0911. The molecule has 3 aliphatic rings. The summed E-state index contributed by atoms with van der Waals surface area (Å²) in [4.78, 5) is 50.1. The predicted octanol–water partition coefficient (Wildman–Crippen LogP) is 5.26. The Morgan fingerprint density at radius 2 is 1.73 bits per heavy atom. The van der Waals surface area contributed by atoms with E-state index in [1.807, 2.05) is 25.2 Å².